The van der Waals surface area contributed by atoms with Crippen LogP contribution in [0.5, 0.6) is 0 Å². The van der Waals surface area contributed by atoms with Gasteiger partial charge in [-0.15, -0.1) is 0 Å². The van der Waals surface area contributed by atoms with Crippen LogP contribution < -0.4 is 5.32 Å². The molecule has 1 aliphatic heterocycles. The minimum absolute atomic E-state index is 0.0501. The van der Waals surface area contributed by atoms with E-state index < -0.39 is 10.0 Å². The second-order valence-electron chi connectivity index (χ2n) is 7.79. The van der Waals surface area contributed by atoms with E-state index in [1.165, 1.54) is 15.4 Å². The van der Waals surface area contributed by atoms with Crippen molar-refractivity contribution < 1.29 is 13.2 Å². The van der Waals surface area contributed by atoms with Crippen LogP contribution in [0.3, 0.4) is 0 Å². The number of hydrogen-bond acceptors (Lipinski definition) is 3. The van der Waals surface area contributed by atoms with E-state index in [1.807, 2.05) is 31.2 Å². The topological polar surface area (TPSA) is 66.5 Å². The van der Waals surface area contributed by atoms with E-state index in [2.05, 4.69) is 17.4 Å². The summed E-state index contributed by atoms with van der Waals surface area (Å²) in [6.07, 6.45) is 3.05. The van der Waals surface area contributed by atoms with Crippen molar-refractivity contribution in [2.24, 2.45) is 5.92 Å². The Morgan fingerprint density at radius 3 is 2.39 bits per heavy atom. The lowest BCUT2D eigenvalue weighted by atomic mass is 9.96. The van der Waals surface area contributed by atoms with Crippen molar-refractivity contribution in [1.29, 1.82) is 0 Å². The number of nitrogens with one attached hydrogen (secondary N) is 1. The summed E-state index contributed by atoms with van der Waals surface area (Å²) in [5, 5.41) is 3.19. The number of carbonyl (C=O) groups excluding carboxylic acids is 1. The van der Waals surface area contributed by atoms with E-state index in [9.17, 15) is 13.2 Å². The number of fused-ring (bicyclic) bond motifs is 1. The largest absolute Gasteiger partial charge is 0.349 e. The summed E-state index contributed by atoms with van der Waals surface area (Å²) in [4.78, 5) is 13.1. The summed E-state index contributed by atoms with van der Waals surface area (Å²) in [7, 11) is -3.49. The number of amides is 1. The van der Waals surface area contributed by atoms with Crippen molar-refractivity contribution in [2.75, 3.05) is 13.1 Å². The number of sulfonamides is 1. The summed E-state index contributed by atoms with van der Waals surface area (Å²) in [5.41, 5.74) is 3.56. The lowest BCUT2D eigenvalue weighted by Crippen LogP contribution is -2.43. The van der Waals surface area contributed by atoms with Gasteiger partial charge in [0.15, 0.2) is 0 Å². The fourth-order valence-electron chi connectivity index (χ4n) is 4.21. The van der Waals surface area contributed by atoms with Gasteiger partial charge < -0.3 is 5.32 Å². The molecule has 4 rings (SSSR count). The molecule has 1 N–H and O–H groups in total. The minimum Gasteiger partial charge on any atom is -0.349 e. The fourth-order valence-corrected chi connectivity index (χ4v) is 5.68. The average molecular weight is 399 g/mol. The number of hydrogen-bond donors (Lipinski definition) is 1. The summed E-state index contributed by atoms with van der Waals surface area (Å²) in [5.74, 6) is -0.0775. The van der Waals surface area contributed by atoms with Crippen molar-refractivity contribution in [3.63, 3.8) is 0 Å². The molecule has 6 heteroatoms. The number of piperidine rings is 1. The van der Waals surface area contributed by atoms with Gasteiger partial charge >= 0.3 is 0 Å². The molecule has 0 aromatic heterocycles. The van der Waals surface area contributed by atoms with Gasteiger partial charge in [-0.3, -0.25) is 4.79 Å². The zero-order valence-corrected chi connectivity index (χ0v) is 16.9. The first-order chi connectivity index (χ1) is 13.4. The number of nitrogens with zero attached hydrogens (tertiary/aromatic N) is 1. The van der Waals surface area contributed by atoms with Gasteiger partial charge in [0.05, 0.1) is 10.9 Å². The molecule has 2 aliphatic rings. The van der Waals surface area contributed by atoms with Crippen LogP contribution in [0.15, 0.2) is 53.4 Å². The van der Waals surface area contributed by atoms with Crippen LogP contribution in [0.2, 0.25) is 0 Å². The molecule has 5 nitrogen and oxygen atoms in total. The predicted molar refractivity (Wildman–Crippen MR) is 108 cm³/mol. The molecule has 2 aromatic carbocycles. The summed E-state index contributed by atoms with van der Waals surface area (Å²) in [6.45, 7) is 2.70. The van der Waals surface area contributed by atoms with Crippen LogP contribution in [-0.4, -0.2) is 31.7 Å². The minimum atomic E-state index is -3.49. The molecule has 28 heavy (non-hydrogen) atoms. The monoisotopic (exact) mass is 398 g/mol. The normalized spacial score (nSPS) is 20.7. The van der Waals surface area contributed by atoms with Crippen LogP contribution in [-0.2, 0) is 21.2 Å². The van der Waals surface area contributed by atoms with Crippen LogP contribution in [0, 0.1) is 12.8 Å². The first kappa shape index (κ1) is 19.2. The Morgan fingerprint density at radius 2 is 1.68 bits per heavy atom. The Kier molecular flexibility index (Phi) is 5.25. The SMILES string of the molecule is Cc1ccc(S(=O)(=O)N2CCC(C(=O)NC3CCc4ccccc43)CC2)cc1. The van der Waals surface area contributed by atoms with Crippen molar-refractivity contribution in [3.05, 3.63) is 65.2 Å². The van der Waals surface area contributed by atoms with E-state index in [4.69, 9.17) is 0 Å². The van der Waals surface area contributed by atoms with Crippen molar-refractivity contribution >= 4 is 15.9 Å². The maximum atomic E-state index is 12.8. The van der Waals surface area contributed by atoms with Gasteiger partial charge in [-0.05, 0) is 55.9 Å². The molecular weight excluding hydrogens is 372 g/mol. The molecule has 1 fully saturated rings. The highest BCUT2D eigenvalue weighted by Gasteiger charge is 2.33. The van der Waals surface area contributed by atoms with Gasteiger partial charge in [0.25, 0.3) is 0 Å². The quantitative estimate of drug-likeness (QED) is 0.860. The Morgan fingerprint density at radius 1 is 1.00 bits per heavy atom. The van der Waals surface area contributed by atoms with E-state index in [0.29, 0.717) is 30.8 Å². The molecule has 0 spiro atoms. The van der Waals surface area contributed by atoms with E-state index >= 15 is 0 Å². The van der Waals surface area contributed by atoms with E-state index in [0.717, 1.165) is 18.4 Å². The van der Waals surface area contributed by atoms with Gasteiger partial charge in [0.2, 0.25) is 15.9 Å². The standard InChI is InChI=1S/C22H26N2O3S/c1-16-6-9-19(10-7-16)28(26,27)24-14-12-18(13-15-24)22(25)23-21-11-8-17-4-2-3-5-20(17)21/h2-7,9-10,18,21H,8,11-15H2,1H3,(H,23,25). The summed E-state index contributed by atoms with van der Waals surface area (Å²) in [6, 6.07) is 15.3. The Bertz CT molecular complexity index is 962. The molecule has 0 bridgehead atoms. The molecule has 0 saturated carbocycles. The zero-order valence-electron chi connectivity index (χ0n) is 16.1. The van der Waals surface area contributed by atoms with Gasteiger partial charge in [-0.1, -0.05) is 42.0 Å². The molecule has 1 amide bonds. The Hall–Kier alpha value is -2.18. The van der Waals surface area contributed by atoms with Crippen molar-refractivity contribution in [3.8, 4) is 0 Å². The molecule has 1 saturated heterocycles. The smallest absolute Gasteiger partial charge is 0.243 e. The van der Waals surface area contributed by atoms with Crippen LogP contribution in [0.1, 0.15) is 42.0 Å². The Labute approximate surface area is 166 Å². The molecule has 1 unspecified atom stereocenters. The molecule has 2 aromatic rings. The van der Waals surface area contributed by atoms with Gasteiger partial charge in [-0.2, -0.15) is 4.31 Å². The maximum absolute atomic E-state index is 12.8. The van der Waals surface area contributed by atoms with Crippen molar-refractivity contribution in [1.82, 2.24) is 9.62 Å². The molecule has 0 radical (unpaired) electrons. The second kappa shape index (κ2) is 7.68. The third-order valence-corrected chi connectivity index (χ3v) is 7.85. The van der Waals surface area contributed by atoms with Crippen molar-refractivity contribution in [2.45, 2.75) is 43.5 Å². The maximum Gasteiger partial charge on any atom is 0.243 e. The van der Waals surface area contributed by atoms with E-state index in [-0.39, 0.29) is 17.9 Å². The molecular formula is C22H26N2O3S. The number of carbonyl (C=O) groups is 1. The molecule has 148 valence electrons. The number of benzene rings is 2. The van der Waals surface area contributed by atoms with Gasteiger partial charge in [-0.25, -0.2) is 8.42 Å². The molecule has 1 aliphatic carbocycles. The van der Waals surface area contributed by atoms with Gasteiger partial charge in [0.1, 0.15) is 0 Å². The second-order valence-corrected chi connectivity index (χ2v) is 9.73. The third kappa shape index (κ3) is 3.71. The van der Waals surface area contributed by atoms with Gasteiger partial charge in [0, 0.05) is 19.0 Å². The zero-order chi connectivity index (χ0) is 19.7. The lowest BCUT2D eigenvalue weighted by Gasteiger charge is -2.31. The highest BCUT2D eigenvalue weighted by Crippen LogP contribution is 2.32. The third-order valence-electron chi connectivity index (χ3n) is 5.93. The highest BCUT2D eigenvalue weighted by atomic mass is 32.2. The average Bonchev–Trinajstić information content (AvgIpc) is 3.11. The molecule has 1 heterocycles. The number of rotatable bonds is 4. The Balaban J connectivity index is 1.36. The van der Waals surface area contributed by atoms with E-state index in [1.54, 1.807) is 12.1 Å². The summed E-state index contributed by atoms with van der Waals surface area (Å²) < 4.78 is 27.1. The first-order valence-corrected chi connectivity index (χ1v) is 11.3. The fraction of sp³-hybridized carbons (Fsp3) is 0.409. The predicted octanol–water partition coefficient (Wildman–Crippen LogP) is 3.20. The first-order valence-electron chi connectivity index (χ1n) is 9.90. The summed E-state index contributed by atoms with van der Waals surface area (Å²) >= 11 is 0. The van der Waals surface area contributed by atoms with Crippen LogP contribution in [0.4, 0.5) is 0 Å². The lowest BCUT2D eigenvalue weighted by molar-refractivity contribution is -0.126. The highest BCUT2D eigenvalue weighted by molar-refractivity contribution is 7.89. The molecule has 1 atom stereocenters. The number of aryl methyl sites for hydroxylation is 2. The van der Waals surface area contributed by atoms with Crippen LogP contribution >= 0.6 is 0 Å². The van der Waals surface area contributed by atoms with Crippen LogP contribution in [0.25, 0.3) is 0 Å².